The molecule has 122 valence electrons. The van der Waals surface area contributed by atoms with Crippen molar-refractivity contribution in [1.29, 1.82) is 0 Å². The summed E-state index contributed by atoms with van der Waals surface area (Å²) >= 11 is 6.96. The molecule has 2 aromatic rings. The lowest BCUT2D eigenvalue weighted by Crippen LogP contribution is -2.15. The average molecular weight is 355 g/mol. The number of nitrogens with zero attached hydrogens (tertiary/aromatic N) is 2. The van der Waals surface area contributed by atoms with Crippen LogP contribution in [0.4, 0.5) is 4.39 Å². The van der Waals surface area contributed by atoms with Crippen molar-refractivity contribution in [2.75, 3.05) is 6.61 Å². The van der Waals surface area contributed by atoms with Crippen LogP contribution in [0.25, 0.3) is 5.69 Å². The zero-order valence-electron chi connectivity index (χ0n) is 13.2. The van der Waals surface area contributed by atoms with Gasteiger partial charge in [0, 0.05) is 11.5 Å². The molecule has 7 heteroatoms. The van der Waals surface area contributed by atoms with Gasteiger partial charge in [0.25, 0.3) is 0 Å². The Bertz CT molecular complexity index is 840. The minimum absolute atomic E-state index is 0.00519. The third-order valence-corrected chi connectivity index (χ3v) is 4.43. The lowest BCUT2D eigenvalue weighted by Gasteiger charge is -2.13. The smallest absolute Gasteiger partial charge is 0.329 e. The molecule has 0 aliphatic heterocycles. The van der Waals surface area contributed by atoms with Crippen LogP contribution in [0.15, 0.2) is 16.9 Å². The van der Waals surface area contributed by atoms with E-state index in [1.807, 2.05) is 20.8 Å². The average Bonchev–Trinajstić information content (AvgIpc) is 2.83. The van der Waals surface area contributed by atoms with Crippen molar-refractivity contribution in [3.05, 3.63) is 37.6 Å². The van der Waals surface area contributed by atoms with Crippen molar-refractivity contribution < 1.29 is 9.13 Å². The Morgan fingerprint density at radius 1 is 1.43 bits per heavy atom. The molecule has 0 radical (unpaired) electrons. The maximum atomic E-state index is 14.2. The minimum Gasteiger partial charge on any atom is -0.479 e. The molecule has 23 heavy (non-hydrogen) atoms. The fourth-order valence-corrected chi connectivity index (χ4v) is 2.74. The largest absolute Gasteiger partial charge is 0.479 e. The molecule has 0 aliphatic carbocycles. The van der Waals surface area contributed by atoms with Crippen LogP contribution in [-0.2, 0) is 5.41 Å². The Kier molecular flexibility index (Phi) is 5.12. The fourth-order valence-electron chi connectivity index (χ4n) is 1.71. The molecule has 0 N–H and O–H groups in total. The number of ether oxygens (including phenoxy) is 1. The number of aromatic nitrogens is 2. The van der Waals surface area contributed by atoms with E-state index in [1.54, 1.807) is 6.92 Å². The molecule has 1 aromatic carbocycles. The van der Waals surface area contributed by atoms with Gasteiger partial charge in [-0.05, 0) is 13.0 Å². The molecule has 2 rings (SSSR count). The van der Waals surface area contributed by atoms with E-state index in [-0.39, 0.29) is 33.4 Å². The number of rotatable bonds is 3. The summed E-state index contributed by atoms with van der Waals surface area (Å²) in [6.07, 6.45) is 0. The van der Waals surface area contributed by atoms with Crippen LogP contribution in [0.3, 0.4) is 0 Å². The third-order valence-electron chi connectivity index (χ3n) is 2.90. The molecular formula is C16H16ClFN2O2S. The molecule has 0 bridgehead atoms. The summed E-state index contributed by atoms with van der Waals surface area (Å²) in [5, 5.41) is 4.97. The predicted octanol–water partition coefficient (Wildman–Crippen LogP) is 3.79. The van der Waals surface area contributed by atoms with Gasteiger partial charge >= 0.3 is 4.87 Å². The zero-order chi connectivity index (χ0) is 17.2. The first kappa shape index (κ1) is 17.5. The molecule has 0 fully saturated rings. The van der Waals surface area contributed by atoms with Gasteiger partial charge in [-0.3, -0.25) is 4.79 Å². The maximum Gasteiger partial charge on any atom is 0.329 e. The topological polar surface area (TPSA) is 44.1 Å². The summed E-state index contributed by atoms with van der Waals surface area (Å²) in [5.74, 6) is 5.02. The Morgan fingerprint density at radius 2 is 2.13 bits per heavy atom. The molecule has 0 amide bonds. The van der Waals surface area contributed by atoms with E-state index in [1.165, 1.54) is 6.07 Å². The summed E-state index contributed by atoms with van der Waals surface area (Å²) in [4.78, 5) is 11.8. The van der Waals surface area contributed by atoms with E-state index in [4.69, 9.17) is 16.3 Å². The fraction of sp³-hybridized carbons (Fsp3) is 0.375. The van der Waals surface area contributed by atoms with Gasteiger partial charge in [0.2, 0.25) is 0 Å². The lowest BCUT2D eigenvalue weighted by molar-refractivity contribution is 0.369. The summed E-state index contributed by atoms with van der Waals surface area (Å²) < 4.78 is 20.7. The van der Waals surface area contributed by atoms with Crippen molar-refractivity contribution in [2.24, 2.45) is 0 Å². The molecule has 1 heterocycles. The summed E-state index contributed by atoms with van der Waals surface area (Å²) in [6.45, 7) is 7.62. The first-order valence-electron chi connectivity index (χ1n) is 6.86. The van der Waals surface area contributed by atoms with Gasteiger partial charge in [-0.25, -0.2) is 4.39 Å². The summed E-state index contributed by atoms with van der Waals surface area (Å²) in [6, 6.07) is 2.47. The van der Waals surface area contributed by atoms with Gasteiger partial charge in [-0.1, -0.05) is 49.6 Å². The van der Waals surface area contributed by atoms with Crippen molar-refractivity contribution >= 4 is 22.9 Å². The van der Waals surface area contributed by atoms with Gasteiger partial charge in [-0.2, -0.15) is 9.78 Å². The van der Waals surface area contributed by atoms with E-state index in [0.29, 0.717) is 5.01 Å². The third kappa shape index (κ3) is 3.92. The van der Waals surface area contributed by atoms with Crippen molar-refractivity contribution in [3.63, 3.8) is 0 Å². The van der Waals surface area contributed by atoms with Crippen molar-refractivity contribution in [3.8, 4) is 23.3 Å². The zero-order valence-corrected chi connectivity index (χ0v) is 14.8. The first-order valence-corrected chi connectivity index (χ1v) is 8.06. The second kappa shape index (κ2) is 6.73. The van der Waals surface area contributed by atoms with E-state index in [9.17, 15) is 9.18 Å². The lowest BCUT2D eigenvalue weighted by atomic mass is 9.98. The Balaban J connectivity index is 2.50. The van der Waals surface area contributed by atoms with Crippen LogP contribution >= 0.6 is 22.9 Å². The molecule has 0 saturated heterocycles. The normalized spacial score (nSPS) is 11.0. The number of hydrogen-bond acceptors (Lipinski definition) is 4. The highest BCUT2D eigenvalue weighted by atomic mass is 35.5. The molecule has 0 atom stereocenters. The molecule has 0 unspecified atom stereocenters. The van der Waals surface area contributed by atoms with Gasteiger partial charge in [-0.15, -0.1) is 5.92 Å². The second-order valence-corrected chi connectivity index (χ2v) is 7.13. The Labute approximate surface area is 142 Å². The predicted molar refractivity (Wildman–Crippen MR) is 90.3 cm³/mol. The molecular weight excluding hydrogens is 339 g/mol. The summed E-state index contributed by atoms with van der Waals surface area (Å²) in [5.41, 5.74) is -0.292. The number of halogens is 2. The first-order chi connectivity index (χ1) is 10.7. The highest BCUT2D eigenvalue weighted by Crippen LogP contribution is 2.30. The van der Waals surface area contributed by atoms with Gasteiger partial charge in [0.05, 0.1) is 5.02 Å². The van der Waals surface area contributed by atoms with Gasteiger partial charge in [0.15, 0.2) is 5.82 Å². The van der Waals surface area contributed by atoms with E-state index in [2.05, 4.69) is 16.9 Å². The minimum atomic E-state index is -0.642. The highest BCUT2D eigenvalue weighted by Gasteiger charge is 2.22. The molecule has 0 aliphatic rings. The molecule has 1 aromatic heterocycles. The standard InChI is InChI=1S/C16H16ClFN2O2S/c1-5-6-7-22-13-9-12(11(18)8-10(13)17)20-15(21)23-14(19-20)16(2,3)4/h8-9H,7H2,1-4H3. The van der Waals surface area contributed by atoms with Crippen LogP contribution in [-0.4, -0.2) is 16.4 Å². The second-order valence-electron chi connectivity index (χ2n) is 5.78. The number of hydrogen-bond donors (Lipinski definition) is 0. The molecule has 0 spiro atoms. The van der Waals surface area contributed by atoms with E-state index >= 15 is 0 Å². The van der Waals surface area contributed by atoms with Crippen molar-refractivity contribution in [2.45, 2.75) is 33.1 Å². The van der Waals surface area contributed by atoms with E-state index < -0.39 is 5.82 Å². The van der Waals surface area contributed by atoms with Crippen LogP contribution in [0, 0.1) is 17.7 Å². The van der Waals surface area contributed by atoms with Crippen LogP contribution in [0.5, 0.6) is 5.75 Å². The quantitative estimate of drug-likeness (QED) is 0.788. The molecule has 4 nitrogen and oxygen atoms in total. The molecule has 0 saturated carbocycles. The number of benzene rings is 1. The van der Waals surface area contributed by atoms with Gasteiger partial charge < -0.3 is 4.74 Å². The van der Waals surface area contributed by atoms with E-state index in [0.717, 1.165) is 22.1 Å². The Hall–Kier alpha value is -1.84. The summed E-state index contributed by atoms with van der Waals surface area (Å²) in [7, 11) is 0. The van der Waals surface area contributed by atoms with Crippen molar-refractivity contribution in [1.82, 2.24) is 9.78 Å². The van der Waals surface area contributed by atoms with Crippen LogP contribution in [0.1, 0.15) is 32.7 Å². The van der Waals surface area contributed by atoms with Crippen LogP contribution in [0.2, 0.25) is 5.02 Å². The SMILES string of the molecule is CC#CCOc1cc(-n2nc(C(C)(C)C)sc2=O)c(F)cc1Cl. The van der Waals surface area contributed by atoms with Gasteiger partial charge in [0.1, 0.15) is 23.1 Å². The highest BCUT2D eigenvalue weighted by molar-refractivity contribution is 7.09. The maximum absolute atomic E-state index is 14.2. The monoisotopic (exact) mass is 354 g/mol. The van der Waals surface area contributed by atoms with Crippen LogP contribution < -0.4 is 9.61 Å². The Morgan fingerprint density at radius 3 is 2.70 bits per heavy atom.